The van der Waals surface area contributed by atoms with Crippen molar-refractivity contribution in [3.05, 3.63) is 24.4 Å². The fourth-order valence-corrected chi connectivity index (χ4v) is 1.95. The number of aliphatic hydroxyl groups is 3. The number of ether oxygens (including phenoxy) is 3. The SMILES string of the molecule is CO[C@H]1O[C@H](CO)[C@@H](Oc2ccccn2)[C@H](O)[C@H]1O. The summed E-state index contributed by atoms with van der Waals surface area (Å²) in [6, 6.07) is 5.05. The molecule has 7 nitrogen and oxygen atoms in total. The Bertz CT molecular complexity index is 387. The van der Waals surface area contributed by atoms with E-state index in [2.05, 4.69) is 4.98 Å². The van der Waals surface area contributed by atoms with E-state index in [1.54, 1.807) is 18.2 Å². The molecule has 0 aromatic carbocycles. The topological polar surface area (TPSA) is 101 Å². The molecule has 3 N–H and O–H groups in total. The molecule has 0 aliphatic carbocycles. The summed E-state index contributed by atoms with van der Waals surface area (Å²) < 4.78 is 15.7. The minimum absolute atomic E-state index is 0.275. The van der Waals surface area contributed by atoms with Crippen molar-refractivity contribution in [2.45, 2.75) is 30.7 Å². The number of pyridine rings is 1. The zero-order chi connectivity index (χ0) is 13.8. The summed E-state index contributed by atoms with van der Waals surface area (Å²) >= 11 is 0. The molecular formula is C12H17NO6. The van der Waals surface area contributed by atoms with E-state index in [0.717, 1.165) is 0 Å². The molecule has 7 heteroatoms. The number of methoxy groups -OCH3 is 1. The molecule has 0 unspecified atom stereocenters. The Balaban J connectivity index is 2.13. The molecule has 1 aliphatic heterocycles. The van der Waals surface area contributed by atoms with E-state index >= 15 is 0 Å². The van der Waals surface area contributed by atoms with Crippen molar-refractivity contribution in [2.75, 3.05) is 13.7 Å². The third-order valence-corrected chi connectivity index (χ3v) is 2.95. The summed E-state index contributed by atoms with van der Waals surface area (Å²) in [7, 11) is 1.34. The largest absolute Gasteiger partial charge is 0.469 e. The highest BCUT2D eigenvalue weighted by Crippen LogP contribution is 2.24. The predicted octanol–water partition coefficient (Wildman–Crippen LogP) is -1.09. The molecule has 2 rings (SSSR count). The van der Waals surface area contributed by atoms with Crippen molar-refractivity contribution in [1.29, 1.82) is 0 Å². The van der Waals surface area contributed by atoms with Gasteiger partial charge in [0.25, 0.3) is 0 Å². The first-order valence-corrected chi connectivity index (χ1v) is 5.90. The third-order valence-electron chi connectivity index (χ3n) is 2.95. The molecule has 1 aliphatic rings. The first-order chi connectivity index (χ1) is 9.17. The van der Waals surface area contributed by atoms with Crippen LogP contribution in [-0.2, 0) is 9.47 Å². The number of rotatable bonds is 4. The Morgan fingerprint density at radius 3 is 2.68 bits per heavy atom. The lowest BCUT2D eigenvalue weighted by Crippen LogP contribution is -2.61. The van der Waals surface area contributed by atoms with Gasteiger partial charge in [-0.3, -0.25) is 0 Å². The van der Waals surface area contributed by atoms with E-state index in [1.807, 2.05) is 0 Å². The van der Waals surface area contributed by atoms with Gasteiger partial charge >= 0.3 is 0 Å². The first-order valence-electron chi connectivity index (χ1n) is 5.90. The molecular weight excluding hydrogens is 254 g/mol. The summed E-state index contributed by atoms with van der Waals surface area (Å²) in [5.74, 6) is 0.275. The van der Waals surface area contributed by atoms with Gasteiger partial charge in [-0.15, -0.1) is 0 Å². The van der Waals surface area contributed by atoms with Crippen molar-refractivity contribution >= 4 is 0 Å². The maximum Gasteiger partial charge on any atom is 0.213 e. The van der Waals surface area contributed by atoms with E-state index in [9.17, 15) is 15.3 Å². The minimum atomic E-state index is -1.26. The molecule has 0 amide bonds. The standard InChI is InChI=1S/C12H17NO6/c1-17-12-10(16)9(15)11(7(6-14)18-12)19-8-4-2-3-5-13-8/h2-5,7,9-12,14-16H,6H2,1H3/t7-,9-,10-,11-,12+/m1/s1. The van der Waals surface area contributed by atoms with Crippen molar-refractivity contribution < 1.29 is 29.5 Å². The Labute approximate surface area is 110 Å². The summed E-state index contributed by atoms with van der Waals surface area (Å²) in [4.78, 5) is 3.96. The Hall–Kier alpha value is -1.25. The minimum Gasteiger partial charge on any atom is -0.469 e. The molecule has 1 fully saturated rings. The van der Waals surface area contributed by atoms with Crippen molar-refractivity contribution in [3.8, 4) is 5.88 Å². The van der Waals surface area contributed by atoms with Gasteiger partial charge in [0, 0.05) is 19.4 Å². The highest BCUT2D eigenvalue weighted by atomic mass is 16.7. The van der Waals surface area contributed by atoms with Gasteiger partial charge in [-0.05, 0) is 6.07 Å². The van der Waals surface area contributed by atoms with E-state index in [0.29, 0.717) is 0 Å². The second kappa shape index (κ2) is 6.27. The second-order valence-corrected chi connectivity index (χ2v) is 4.19. The molecule has 2 heterocycles. The lowest BCUT2D eigenvalue weighted by molar-refractivity contribution is -0.290. The summed E-state index contributed by atoms with van der Waals surface area (Å²) in [6.45, 7) is -0.374. The van der Waals surface area contributed by atoms with Gasteiger partial charge in [0.1, 0.15) is 18.3 Å². The molecule has 0 spiro atoms. The molecule has 1 saturated heterocycles. The summed E-state index contributed by atoms with van der Waals surface area (Å²) in [5, 5.41) is 29.1. The van der Waals surface area contributed by atoms with Gasteiger partial charge in [-0.1, -0.05) is 6.07 Å². The third kappa shape index (κ3) is 3.02. The lowest BCUT2D eigenvalue weighted by Gasteiger charge is -2.40. The van der Waals surface area contributed by atoms with E-state index in [-0.39, 0.29) is 12.5 Å². The highest BCUT2D eigenvalue weighted by Gasteiger charge is 2.46. The number of hydrogen-bond acceptors (Lipinski definition) is 7. The molecule has 5 atom stereocenters. The molecule has 0 bridgehead atoms. The van der Waals surface area contributed by atoms with Crippen LogP contribution >= 0.6 is 0 Å². The smallest absolute Gasteiger partial charge is 0.213 e. The number of nitrogens with zero attached hydrogens (tertiary/aromatic N) is 1. The monoisotopic (exact) mass is 271 g/mol. The Morgan fingerprint density at radius 2 is 2.11 bits per heavy atom. The maximum absolute atomic E-state index is 10.0. The van der Waals surface area contributed by atoms with Crippen LogP contribution < -0.4 is 4.74 Å². The molecule has 0 saturated carbocycles. The van der Waals surface area contributed by atoms with Crippen LogP contribution in [0.4, 0.5) is 0 Å². The van der Waals surface area contributed by atoms with Crippen LogP contribution in [0.3, 0.4) is 0 Å². The van der Waals surface area contributed by atoms with E-state index < -0.39 is 30.7 Å². The fourth-order valence-electron chi connectivity index (χ4n) is 1.95. The van der Waals surface area contributed by atoms with Gasteiger partial charge in [0.2, 0.25) is 5.88 Å². The van der Waals surface area contributed by atoms with Crippen molar-refractivity contribution in [3.63, 3.8) is 0 Å². The quantitative estimate of drug-likeness (QED) is 0.640. The van der Waals surface area contributed by atoms with Gasteiger partial charge in [0.05, 0.1) is 6.61 Å². The second-order valence-electron chi connectivity index (χ2n) is 4.19. The van der Waals surface area contributed by atoms with E-state index in [4.69, 9.17) is 14.2 Å². The molecule has 1 aromatic rings. The maximum atomic E-state index is 10.0. The number of aromatic nitrogens is 1. The van der Waals surface area contributed by atoms with Gasteiger partial charge < -0.3 is 29.5 Å². The van der Waals surface area contributed by atoms with Crippen LogP contribution in [0.25, 0.3) is 0 Å². The molecule has 0 radical (unpaired) electrons. The Kier molecular flexibility index (Phi) is 4.67. The normalized spacial score (nSPS) is 35.1. The zero-order valence-electron chi connectivity index (χ0n) is 10.4. The van der Waals surface area contributed by atoms with Gasteiger partial charge in [0.15, 0.2) is 12.4 Å². The lowest BCUT2D eigenvalue weighted by atomic mass is 9.99. The van der Waals surface area contributed by atoms with Crippen molar-refractivity contribution in [2.24, 2.45) is 0 Å². The molecule has 106 valence electrons. The van der Waals surface area contributed by atoms with Gasteiger partial charge in [-0.2, -0.15) is 0 Å². The van der Waals surface area contributed by atoms with Crippen molar-refractivity contribution in [1.82, 2.24) is 4.98 Å². The zero-order valence-corrected chi connectivity index (χ0v) is 10.4. The predicted molar refractivity (Wildman–Crippen MR) is 63.4 cm³/mol. The van der Waals surface area contributed by atoms with Crippen LogP contribution in [0.2, 0.25) is 0 Å². The fraction of sp³-hybridized carbons (Fsp3) is 0.583. The van der Waals surface area contributed by atoms with Crippen LogP contribution in [0.1, 0.15) is 0 Å². The average molecular weight is 271 g/mol. The van der Waals surface area contributed by atoms with E-state index in [1.165, 1.54) is 13.3 Å². The van der Waals surface area contributed by atoms with Crippen LogP contribution in [0.15, 0.2) is 24.4 Å². The van der Waals surface area contributed by atoms with Gasteiger partial charge in [-0.25, -0.2) is 4.98 Å². The summed E-state index contributed by atoms with van der Waals surface area (Å²) in [6.07, 6.45) is -3.73. The Morgan fingerprint density at radius 1 is 1.32 bits per heavy atom. The van der Waals surface area contributed by atoms with Crippen LogP contribution in [0.5, 0.6) is 5.88 Å². The first kappa shape index (κ1) is 14.2. The van der Waals surface area contributed by atoms with Crippen LogP contribution in [0, 0.1) is 0 Å². The highest BCUT2D eigenvalue weighted by molar-refractivity contribution is 5.11. The van der Waals surface area contributed by atoms with Crippen LogP contribution in [-0.4, -0.2) is 64.7 Å². The summed E-state index contributed by atoms with van der Waals surface area (Å²) in [5.41, 5.74) is 0. The number of hydrogen-bond donors (Lipinski definition) is 3. The molecule has 19 heavy (non-hydrogen) atoms. The average Bonchev–Trinajstić information content (AvgIpc) is 2.45. The molecule has 1 aromatic heterocycles. The number of aliphatic hydroxyl groups excluding tert-OH is 3.